The van der Waals surface area contributed by atoms with Gasteiger partial charge in [0.2, 0.25) is 5.91 Å². The lowest BCUT2D eigenvalue weighted by molar-refractivity contribution is -0.129. The van der Waals surface area contributed by atoms with Crippen LogP contribution in [0.1, 0.15) is 24.8 Å². The van der Waals surface area contributed by atoms with Crippen molar-refractivity contribution in [1.29, 1.82) is 0 Å². The Balaban J connectivity index is 1.60. The van der Waals surface area contributed by atoms with Gasteiger partial charge >= 0.3 is 0 Å². The van der Waals surface area contributed by atoms with E-state index in [0.29, 0.717) is 6.54 Å². The number of halogens is 1. The second kappa shape index (κ2) is 7.04. The maximum atomic E-state index is 13.5. The first-order chi connectivity index (χ1) is 11.6. The molecule has 1 aliphatic carbocycles. The van der Waals surface area contributed by atoms with Gasteiger partial charge in [0.15, 0.2) is 0 Å². The highest BCUT2D eigenvalue weighted by Crippen LogP contribution is 2.44. The van der Waals surface area contributed by atoms with Gasteiger partial charge in [0, 0.05) is 25.8 Å². The molecule has 0 aliphatic heterocycles. The van der Waals surface area contributed by atoms with Gasteiger partial charge in [-0.3, -0.25) is 4.79 Å². The first-order valence-electron chi connectivity index (χ1n) is 8.42. The zero-order valence-corrected chi connectivity index (χ0v) is 14.0. The molecule has 0 atom stereocenters. The van der Waals surface area contributed by atoms with Crippen LogP contribution in [-0.4, -0.2) is 26.0 Å². The molecule has 0 saturated heterocycles. The molecule has 24 heavy (non-hydrogen) atoms. The summed E-state index contributed by atoms with van der Waals surface area (Å²) in [5.74, 6) is -0.267. The molecular formula is C20H23FN2O. The Morgan fingerprint density at radius 1 is 1.17 bits per heavy atom. The molecule has 1 amide bonds. The number of likely N-dealkylation sites (N-methyl/N-ethyl adjacent to an activating group) is 1. The summed E-state index contributed by atoms with van der Waals surface area (Å²) in [6.07, 6.45) is 2.58. The molecule has 1 aliphatic rings. The topological polar surface area (TPSA) is 32.3 Å². The van der Waals surface area contributed by atoms with E-state index in [9.17, 15) is 9.18 Å². The lowest BCUT2D eigenvalue weighted by Gasteiger charge is -2.40. The fourth-order valence-corrected chi connectivity index (χ4v) is 3.28. The van der Waals surface area contributed by atoms with Crippen LogP contribution in [0.2, 0.25) is 0 Å². The molecule has 126 valence electrons. The highest BCUT2D eigenvalue weighted by atomic mass is 19.1. The standard InChI is InChI=1S/C20H23FN2O/c1-23(18-9-3-2-4-10-18)14-13-22-19(24)20(11-6-12-20)16-7-5-8-17(21)15-16/h2-5,7-10,15H,6,11-14H2,1H3,(H,22,24). The van der Waals surface area contributed by atoms with Crippen molar-refractivity contribution >= 4 is 11.6 Å². The van der Waals surface area contributed by atoms with E-state index in [0.717, 1.165) is 37.1 Å². The first kappa shape index (κ1) is 16.5. The van der Waals surface area contributed by atoms with E-state index in [2.05, 4.69) is 10.2 Å². The molecule has 0 unspecified atom stereocenters. The first-order valence-corrected chi connectivity index (χ1v) is 8.42. The van der Waals surface area contributed by atoms with Crippen LogP contribution in [0.5, 0.6) is 0 Å². The number of carbonyl (C=O) groups is 1. The molecule has 0 aromatic heterocycles. The highest BCUT2D eigenvalue weighted by Gasteiger charge is 2.45. The minimum Gasteiger partial charge on any atom is -0.373 e. The zero-order valence-electron chi connectivity index (χ0n) is 14.0. The van der Waals surface area contributed by atoms with Crippen molar-refractivity contribution < 1.29 is 9.18 Å². The van der Waals surface area contributed by atoms with Gasteiger partial charge in [-0.25, -0.2) is 4.39 Å². The van der Waals surface area contributed by atoms with Gasteiger partial charge in [0.1, 0.15) is 5.82 Å². The maximum Gasteiger partial charge on any atom is 0.230 e. The Morgan fingerprint density at radius 2 is 1.92 bits per heavy atom. The predicted molar refractivity (Wildman–Crippen MR) is 94.7 cm³/mol. The van der Waals surface area contributed by atoms with Crippen LogP contribution >= 0.6 is 0 Å². The average molecular weight is 326 g/mol. The average Bonchev–Trinajstić information content (AvgIpc) is 2.54. The number of nitrogens with zero attached hydrogens (tertiary/aromatic N) is 1. The summed E-state index contributed by atoms with van der Waals surface area (Å²) in [4.78, 5) is 14.8. The summed E-state index contributed by atoms with van der Waals surface area (Å²) >= 11 is 0. The molecule has 0 radical (unpaired) electrons. The van der Waals surface area contributed by atoms with Gasteiger partial charge in [-0.1, -0.05) is 36.8 Å². The quantitative estimate of drug-likeness (QED) is 0.881. The van der Waals surface area contributed by atoms with Gasteiger partial charge in [-0.15, -0.1) is 0 Å². The van der Waals surface area contributed by atoms with E-state index >= 15 is 0 Å². The van der Waals surface area contributed by atoms with Crippen LogP contribution < -0.4 is 10.2 Å². The monoisotopic (exact) mass is 326 g/mol. The normalized spacial score (nSPS) is 15.4. The van der Waals surface area contributed by atoms with Crippen molar-refractivity contribution in [2.45, 2.75) is 24.7 Å². The second-order valence-corrected chi connectivity index (χ2v) is 6.46. The molecule has 0 heterocycles. The van der Waals surface area contributed by atoms with Crippen molar-refractivity contribution in [1.82, 2.24) is 5.32 Å². The second-order valence-electron chi connectivity index (χ2n) is 6.46. The Hall–Kier alpha value is -2.36. The van der Waals surface area contributed by atoms with Gasteiger partial charge in [-0.05, 0) is 42.7 Å². The van der Waals surface area contributed by atoms with Crippen LogP contribution in [0.15, 0.2) is 54.6 Å². The number of benzene rings is 2. The van der Waals surface area contributed by atoms with Crippen molar-refractivity contribution in [3.63, 3.8) is 0 Å². The SMILES string of the molecule is CN(CCNC(=O)C1(c2cccc(F)c2)CCC1)c1ccccc1. The van der Waals surface area contributed by atoms with E-state index < -0.39 is 5.41 Å². The zero-order chi connectivity index (χ0) is 17.0. The van der Waals surface area contributed by atoms with Gasteiger partial charge in [0.25, 0.3) is 0 Å². The maximum absolute atomic E-state index is 13.5. The van der Waals surface area contributed by atoms with E-state index in [1.54, 1.807) is 6.07 Å². The van der Waals surface area contributed by atoms with Crippen LogP contribution in [-0.2, 0) is 10.2 Å². The van der Waals surface area contributed by atoms with Crippen LogP contribution in [0.4, 0.5) is 10.1 Å². The Labute approximate surface area is 142 Å². The summed E-state index contributed by atoms with van der Waals surface area (Å²) in [7, 11) is 2.01. The van der Waals surface area contributed by atoms with Crippen LogP contribution in [0.3, 0.4) is 0 Å². The minimum atomic E-state index is -0.548. The largest absolute Gasteiger partial charge is 0.373 e. The summed E-state index contributed by atoms with van der Waals surface area (Å²) in [5.41, 5.74) is 1.37. The molecule has 4 heteroatoms. The number of nitrogens with one attached hydrogen (secondary N) is 1. The molecular weight excluding hydrogens is 303 g/mol. The molecule has 3 rings (SSSR count). The molecule has 1 fully saturated rings. The summed E-state index contributed by atoms with van der Waals surface area (Å²) in [5, 5.41) is 3.04. The molecule has 2 aromatic rings. The summed E-state index contributed by atoms with van der Waals surface area (Å²) in [6.45, 7) is 1.30. The van der Waals surface area contributed by atoms with E-state index in [-0.39, 0.29) is 11.7 Å². The third-order valence-electron chi connectivity index (χ3n) is 4.95. The Bertz CT molecular complexity index is 698. The fourth-order valence-electron chi connectivity index (χ4n) is 3.28. The number of hydrogen-bond acceptors (Lipinski definition) is 2. The summed E-state index contributed by atoms with van der Waals surface area (Å²) in [6, 6.07) is 16.5. The number of amides is 1. The third-order valence-corrected chi connectivity index (χ3v) is 4.95. The number of rotatable bonds is 6. The lowest BCUT2D eigenvalue weighted by atomic mass is 9.64. The van der Waals surface area contributed by atoms with E-state index in [1.807, 2.05) is 43.4 Å². The number of anilines is 1. The predicted octanol–water partition coefficient (Wildman–Crippen LogP) is 3.50. The fraction of sp³-hybridized carbons (Fsp3) is 0.350. The van der Waals surface area contributed by atoms with Crippen LogP contribution in [0.25, 0.3) is 0 Å². The van der Waals surface area contributed by atoms with Crippen LogP contribution in [0, 0.1) is 5.82 Å². The third kappa shape index (κ3) is 3.28. The van der Waals surface area contributed by atoms with Gasteiger partial charge in [-0.2, -0.15) is 0 Å². The highest BCUT2D eigenvalue weighted by molar-refractivity contribution is 5.89. The van der Waals surface area contributed by atoms with Gasteiger partial charge < -0.3 is 10.2 Å². The van der Waals surface area contributed by atoms with Crippen molar-refractivity contribution in [3.8, 4) is 0 Å². The minimum absolute atomic E-state index is 0.0146. The number of hydrogen-bond donors (Lipinski definition) is 1. The van der Waals surface area contributed by atoms with Gasteiger partial charge in [0.05, 0.1) is 5.41 Å². The summed E-state index contributed by atoms with van der Waals surface area (Å²) < 4.78 is 13.5. The molecule has 0 spiro atoms. The Morgan fingerprint density at radius 3 is 2.54 bits per heavy atom. The number of para-hydroxylation sites is 1. The van der Waals surface area contributed by atoms with E-state index in [4.69, 9.17) is 0 Å². The molecule has 3 nitrogen and oxygen atoms in total. The molecule has 1 N–H and O–H groups in total. The van der Waals surface area contributed by atoms with Crippen molar-refractivity contribution in [2.24, 2.45) is 0 Å². The molecule has 2 aromatic carbocycles. The molecule has 1 saturated carbocycles. The smallest absolute Gasteiger partial charge is 0.230 e. The van der Waals surface area contributed by atoms with E-state index in [1.165, 1.54) is 12.1 Å². The molecule has 0 bridgehead atoms. The Kier molecular flexibility index (Phi) is 4.84. The van der Waals surface area contributed by atoms with Crippen molar-refractivity contribution in [3.05, 3.63) is 66.0 Å². The lowest BCUT2D eigenvalue weighted by Crippen LogP contribution is -2.50. The van der Waals surface area contributed by atoms with Crippen molar-refractivity contribution in [2.75, 3.05) is 25.0 Å². The number of carbonyl (C=O) groups excluding carboxylic acids is 1.